The second kappa shape index (κ2) is 8.93. The Balaban J connectivity index is 1.99. The van der Waals surface area contributed by atoms with Gasteiger partial charge in [0, 0.05) is 23.2 Å². The zero-order valence-corrected chi connectivity index (χ0v) is 14.4. The first-order valence-electron chi connectivity index (χ1n) is 7.47. The topological polar surface area (TPSA) is 41.5 Å². The summed E-state index contributed by atoms with van der Waals surface area (Å²) in [7, 11) is 0. The molecule has 0 aliphatic rings. The second-order valence-corrected chi connectivity index (χ2v) is 6.20. The fraction of sp³-hybridized carbons (Fsp3) is 0.333. The van der Waals surface area contributed by atoms with Crippen LogP contribution in [-0.4, -0.2) is 18.3 Å². The summed E-state index contributed by atoms with van der Waals surface area (Å²) in [6.45, 7) is 4.37. The molecule has 0 saturated heterocycles. The van der Waals surface area contributed by atoms with Gasteiger partial charge in [-0.1, -0.05) is 45.8 Å². The molecule has 0 aromatic heterocycles. The molecule has 0 heterocycles. The summed E-state index contributed by atoms with van der Waals surface area (Å²) in [4.78, 5) is 0. The van der Waals surface area contributed by atoms with E-state index in [2.05, 4.69) is 52.4 Å². The number of ether oxygens (including phenoxy) is 1. The van der Waals surface area contributed by atoms with Gasteiger partial charge in [0.05, 0.1) is 0 Å². The van der Waals surface area contributed by atoms with Crippen LogP contribution in [0.3, 0.4) is 0 Å². The molecule has 0 radical (unpaired) electrons. The molecular formula is C18H22BrNO2. The van der Waals surface area contributed by atoms with Crippen molar-refractivity contribution in [2.45, 2.75) is 26.5 Å². The zero-order valence-electron chi connectivity index (χ0n) is 12.8. The molecule has 0 saturated carbocycles. The molecule has 118 valence electrons. The third-order valence-electron chi connectivity index (χ3n) is 3.33. The average Bonchev–Trinajstić information content (AvgIpc) is 2.51. The standard InChI is InChI=1S/C18H22BrNO2/c1-14-4-2-5-15(10-14)13-22-18-7-6-17(19)11-16(18)12-20-8-3-9-21/h2,4-7,10-11,20-21H,3,8-9,12-13H2,1H3. The van der Waals surface area contributed by atoms with Crippen molar-refractivity contribution < 1.29 is 9.84 Å². The minimum absolute atomic E-state index is 0.211. The normalized spacial score (nSPS) is 10.7. The predicted octanol–water partition coefficient (Wildman–Crippen LogP) is 3.81. The number of benzene rings is 2. The van der Waals surface area contributed by atoms with Gasteiger partial charge in [-0.3, -0.25) is 0 Å². The van der Waals surface area contributed by atoms with Crippen molar-refractivity contribution in [2.75, 3.05) is 13.2 Å². The highest BCUT2D eigenvalue weighted by Gasteiger charge is 2.05. The first kappa shape index (κ1) is 17.0. The highest BCUT2D eigenvalue weighted by Crippen LogP contribution is 2.24. The van der Waals surface area contributed by atoms with Crippen LogP contribution < -0.4 is 10.1 Å². The molecule has 4 heteroatoms. The smallest absolute Gasteiger partial charge is 0.124 e. The lowest BCUT2D eigenvalue weighted by molar-refractivity contribution is 0.285. The van der Waals surface area contributed by atoms with E-state index in [0.717, 1.165) is 35.3 Å². The van der Waals surface area contributed by atoms with Crippen molar-refractivity contribution in [3.8, 4) is 5.75 Å². The number of hydrogen-bond acceptors (Lipinski definition) is 3. The van der Waals surface area contributed by atoms with E-state index in [1.54, 1.807) is 0 Å². The number of aryl methyl sites for hydroxylation is 1. The summed E-state index contributed by atoms with van der Waals surface area (Å²) in [6, 6.07) is 14.4. The minimum atomic E-state index is 0.211. The molecule has 0 aliphatic heterocycles. The first-order chi connectivity index (χ1) is 10.7. The summed E-state index contributed by atoms with van der Waals surface area (Å²) in [6.07, 6.45) is 0.757. The van der Waals surface area contributed by atoms with E-state index in [9.17, 15) is 0 Å². The van der Waals surface area contributed by atoms with E-state index in [1.165, 1.54) is 11.1 Å². The lowest BCUT2D eigenvalue weighted by Crippen LogP contribution is -2.16. The summed E-state index contributed by atoms with van der Waals surface area (Å²) < 4.78 is 7.02. The molecule has 0 bridgehead atoms. The Labute approximate surface area is 140 Å². The summed E-state index contributed by atoms with van der Waals surface area (Å²) in [5.41, 5.74) is 3.52. The number of halogens is 1. The third kappa shape index (κ3) is 5.44. The lowest BCUT2D eigenvalue weighted by Gasteiger charge is -2.13. The highest BCUT2D eigenvalue weighted by molar-refractivity contribution is 9.10. The molecule has 0 amide bonds. The van der Waals surface area contributed by atoms with Gasteiger partial charge in [0.2, 0.25) is 0 Å². The monoisotopic (exact) mass is 363 g/mol. The van der Waals surface area contributed by atoms with Gasteiger partial charge in [-0.15, -0.1) is 0 Å². The van der Waals surface area contributed by atoms with E-state index in [4.69, 9.17) is 9.84 Å². The van der Waals surface area contributed by atoms with Crippen LogP contribution in [0.2, 0.25) is 0 Å². The van der Waals surface area contributed by atoms with Crippen LogP contribution >= 0.6 is 15.9 Å². The van der Waals surface area contributed by atoms with Crippen LogP contribution in [0.1, 0.15) is 23.1 Å². The number of hydrogen-bond donors (Lipinski definition) is 2. The van der Waals surface area contributed by atoms with Gasteiger partial charge >= 0.3 is 0 Å². The first-order valence-corrected chi connectivity index (χ1v) is 8.26. The van der Waals surface area contributed by atoms with E-state index in [-0.39, 0.29) is 6.61 Å². The Morgan fingerprint density at radius 1 is 1.18 bits per heavy atom. The van der Waals surface area contributed by atoms with Crippen LogP contribution in [0.4, 0.5) is 0 Å². The molecule has 2 aromatic rings. The number of aliphatic hydroxyl groups is 1. The van der Waals surface area contributed by atoms with E-state index >= 15 is 0 Å². The van der Waals surface area contributed by atoms with Crippen LogP contribution in [0.25, 0.3) is 0 Å². The fourth-order valence-electron chi connectivity index (χ4n) is 2.22. The van der Waals surface area contributed by atoms with Crippen LogP contribution in [0.5, 0.6) is 5.75 Å². The van der Waals surface area contributed by atoms with Crippen molar-refractivity contribution >= 4 is 15.9 Å². The van der Waals surface area contributed by atoms with Crippen molar-refractivity contribution in [1.82, 2.24) is 5.32 Å². The SMILES string of the molecule is Cc1cccc(COc2ccc(Br)cc2CNCCCO)c1. The molecule has 2 rings (SSSR count). The maximum atomic E-state index is 8.82. The second-order valence-electron chi connectivity index (χ2n) is 5.28. The Morgan fingerprint density at radius 2 is 2.05 bits per heavy atom. The van der Waals surface area contributed by atoms with Crippen molar-refractivity contribution in [3.63, 3.8) is 0 Å². The molecule has 0 fully saturated rings. The van der Waals surface area contributed by atoms with Crippen molar-refractivity contribution in [3.05, 3.63) is 63.6 Å². The largest absolute Gasteiger partial charge is 0.489 e. The molecule has 0 atom stereocenters. The minimum Gasteiger partial charge on any atom is -0.489 e. The van der Waals surface area contributed by atoms with Crippen LogP contribution in [0, 0.1) is 6.92 Å². The van der Waals surface area contributed by atoms with Crippen molar-refractivity contribution in [2.24, 2.45) is 0 Å². The summed E-state index contributed by atoms with van der Waals surface area (Å²) in [5.74, 6) is 0.890. The maximum Gasteiger partial charge on any atom is 0.124 e. The summed E-state index contributed by atoms with van der Waals surface area (Å²) in [5, 5.41) is 12.1. The van der Waals surface area contributed by atoms with Gasteiger partial charge in [0.15, 0.2) is 0 Å². The van der Waals surface area contributed by atoms with Gasteiger partial charge in [-0.05, 0) is 43.7 Å². The van der Waals surface area contributed by atoms with Crippen LogP contribution in [-0.2, 0) is 13.2 Å². The zero-order chi connectivity index (χ0) is 15.8. The molecule has 0 aliphatic carbocycles. The fourth-order valence-corrected chi connectivity index (χ4v) is 2.63. The Bertz CT molecular complexity index is 601. The number of aliphatic hydroxyl groups excluding tert-OH is 1. The molecule has 0 unspecified atom stereocenters. The molecule has 3 nitrogen and oxygen atoms in total. The number of rotatable bonds is 8. The van der Waals surface area contributed by atoms with E-state index in [0.29, 0.717) is 6.61 Å². The van der Waals surface area contributed by atoms with Gasteiger partial charge in [-0.2, -0.15) is 0 Å². The Hall–Kier alpha value is -1.36. The van der Waals surface area contributed by atoms with Crippen LogP contribution in [0.15, 0.2) is 46.9 Å². The number of nitrogens with one attached hydrogen (secondary N) is 1. The molecule has 0 spiro atoms. The maximum absolute atomic E-state index is 8.82. The van der Waals surface area contributed by atoms with Gasteiger partial charge < -0.3 is 15.2 Å². The van der Waals surface area contributed by atoms with Crippen molar-refractivity contribution in [1.29, 1.82) is 0 Å². The quantitative estimate of drug-likeness (QED) is 0.700. The van der Waals surface area contributed by atoms with E-state index < -0.39 is 0 Å². The van der Waals surface area contributed by atoms with Gasteiger partial charge in [0.1, 0.15) is 12.4 Å². The summed E-state index contributed by atoms with van der Waals surface area (Å²) >= 11 is 3.50. The third-order valence-corrected chi connectivity index (χ3v) is 3.82. The average molecular weight is 364 g/mol. The highest BCUT2D eigenvalue weighted by atomic mass is 79.9. The molecule has 2 N–H and O–H groups in total. The lowest BCUT2D eigenvalue weighted by atomic mass is 10.1. The molecule has 22 heavy (non-hydrogen) atoms. The Morgan fingerprint density at radius 3 is 2.82 bits per heavy atom. The van der Waals surface area contributed by atoms with E-state index in [1.807, 2.05) is 18.2 Å². The van der Waals surface area contributed by atoms with Gasteiger partial charge in [-0.25, -0.2) is 0 Å². The molecular weight excluding hydrogens is 342 g/mol. The van der Waals surface area contributed by atoms with Gasteiger partial charge in [0.25, 0.3) is 0 Å². The Kier molecular flexibility index (Phi) is 6.90. The predicted molar refractivity (Wildman–Crippen MR) is 93.1 cm³/mol. The molecule has 2 aromatic carbocycles.